The maximum atomic E-state index is 5.46. The number of fused-ring (bicyclic) bond motifs is 1. The van der Waals surface area contributed by atoms with Crippen LogP contribution in [0.2, 0.25) is 0 Å². The van der Waals surface area contributed by atoms with Gasteiger partial charge in [0.15, 0.2) is 0 Å². The molecule has 0 aliphatic carbocycles. The van der Waals surface area contributed by atoms with Gasteiger partial charge < -0.3 is 15.0 Å². The lowest BCUT2D eigenvalue weighted by atomic mass is 10.1. The first-order valence-corrected chi connectivity index (χ1v) is 8.11. The fraction of sp³-hybridized carbons (Fsp3) is 0.222. The third-order valence-corrected chi connectivity index (χ3v) is 4.96. The van der Waals surface area contributed by atoms with Crippen molar-refractivity contribution in [2.45, 2.75) is 23.3 Å². The Balaban J connectivity index is 2.05. The molecule has 0 aliphatic heterocycles. The zero-order valence-electron chi connectivity index (χ0n) is 13.1. The van der Waals surface area contributed by atoms with Crippen LogP contribution in [0.3, 0.4) is 0 Å². The third kappa shape index (κ3) is 2.72. The molecular formula is C18H20N2OS. The van der Waals surface area contributed by atoms with Gasteiger partial charge in [0.1, 0.15) is 5.75 Å². The SMILES string of the molecule is CNCc1ccccc1Sc1c[nH]c2ccc(OC)c(C)c12. The molecule has 22 heavy (non-hydrogen) atoms. The van der Waals surface area contributed by atoms with Crippen LogP contribution < -0.4 is 10.1 Å². The molecule has 3 rings (SSSR count). The van der Waals surface area contributed by atoms with E-state index in [1.807, 2.05) is 13.1 Å². The predicted molar refractivity (Wildman–Crippen MR) is 92.9 cm³/mol. The molecule has 0 amide bonds. The van der Waals surface area contributed by atoms with E-state index in [0.717, 1.165) is 17.8 Å². The molecule has 0 radical (unpaired) electrons. The average Bonchev–Trinajstić information content (AvgIpc) is 2.94. The molecule has 0 spiro atoms. The zero-order valence-corrected chi connectivity index (χ0v) is 13.9. The summed E-state index contributed by atoms with van der Waals surface area (Å²) < 4.78 is 5.46. The molecule has 1 heterocycles. The molecule has 0 saturated carbocycles. The first-order valence-electron chi connectivity index (χ1n) is 7.29. The fourth-order valence-electron chi connectivity index (χ4n) is 2.71. The molecule has 0 saturated heterocycles. The molecule has 0 aliphatic rings. The van der Waals surface area contributed by atoms with Gasteiger partial charge in [-0.1, -0.05) is 30.0 Å². The molecule has 3 aromatic rings. The molecule has 2 aromatic carbocycles. The van der Waals surface area contributed by atoms with Crippen molar-refractivity contribution in [3.8, 4) is 5.75 Å². The van der Waals surface area contributed by atoms with Crippen LogP contribution in [0.4, 0.5) is 0 Å². The van der Waals surface area contributed by atoms with Crippen LogP contribution in [0.25, 0.3) is 10.9 Å². The fourth-order valence-corrected chi connectivity index (χ4v) is 3.84. The Morgan fingerprint density at radius 2 is 1.95 bits per heavy atom. The second-order valence-corrected chi connectivity index (χ2v) is 6.29. The Morgan fingerprint density at radius 3 is 2.73 bits per heavy atom. The molecule has 114 valence electrons. The summed E-state index contributed by atoms with van der Waals surface area (Å²) >= 11 is 1.80. The Labute approximate surface area is 135 Å². The van der Waals surface area contributed by atoms with Crippen LogP contribution in [0, 0.1) is 6.92 Å². The van der Waals surface area contributed by atoms with Crippen molar-refractivity contribution in [2.75, 3.05) is 14.2 Å². The van der Waals surface area contributed by atoms with Crippen LogP contribution >= 0.6 is 11.8 Å². The van der Waals surface area contributed by atoms with Crippen molar-refractivity contribution in [2.24, 2.45) is 0 Å². The highest BCUT2D eigenvalue weighted by molar-refractivity contribution is 7.99. The summed E-state index contributed by atoms with van der Waals surface area (Å²) in [6, 6.07) is 12.6. The Hall–Kier alpha value is -1.91. The van der Waals surface area contributed by atoms with Crippen molar-refractivity contribution in [1.29, 1.82) is 0 Å². The van der Waals surface area contributed by atoms with Crippen LogP contribution in [0.5, 0.6) is 5.75 Å². The largest absolute Gasteiger partial charge is 0.496 e. The van der Waals surface area contributed by atoms with Gasteiger partial charge in [-0.2, -0.15) is 0 Å². The zero-order chi connectivity index (χ0) is 15.5. The number of hydrogen-bond acceptors (Lipinski definition) is 3. The first kappa shape index (κ1) is 15.0. The lowest BCUT2D eigenvalue weighted by Gasteiger charge is -2.10. The molecule has 0 atom stereocenters. The number of H-pyrrole nitrogens is 1. The summed E-state index contributed by atoms with van der Waals surface area (Å²) in [4.78, 5) is 5.87. The smallest absolute Gasteiger partial charge is 0.122 e. The third-order valence-electron chi connectivity index (χ3n) is 3.80. The van der Waals surface area contributed by atoms with Gasteiger partial charge in [0, 0.05) is 39.0 Å². The number of nitrogens with one attached hydrogen (secondary N) is 2. The maximum Gasteiger partial charge on any atom is 0.122 e. The van der Waals surface area contributed by atoms with Gasteiger partial charge in [0.25, 0.3) is 0 Å². The topological polar surface area (TPSA) is 37.0 Å². The molecule has 2 N–H and O–H groups in total. The number of aromatic amines is 1. The van der Waals surface area contributed by atoms with E-state index in [0.29, 0.717) is 0 Å². The van der Waals surface area contributed by atoms with E-state index >= 15 is 0 Å². The average molecular weight is 312 g/mol. The summed E-state index contributed by atoms with van der Waals surface area (Å²) in [5.74, 6) is 0.928. The van der Waals surface area contributed by atoms with Gasteiger partial charge in [0.05, 0.1) is 7.11 Å². The summed E-state index contributed by atoms with van der Waals surface area (Å²) in [5.41, 5.74) is 3.63. The quantitative estimate of drug-likeness (QED) is 0.735. The summed E-state index contributed by atoms with van der Waals surface area (Å²) in [7, 11) is 3.69. The van der Waals surface area contributed by atoms with E-state index in [-0.39, 0.29) is 0 Å². The highest BCUT2D eigenvalue weighted by Crippen LogP contribution is 2.39. The Kier molecular flexibility index (Phi) is 4.41. The van der Waals surface area contributed by atoms with Crippen molar-refractivity contribution >= 4 is 22.7 Å². The summed E-state index contributed by atoms with van der Waals surface area (Å²) in [6.45, 7) is 2.98. The molecule has 1 aromatic heterocycles. The molecule has 0 bridgehead atoms. The normalized spacial score (nSPS) is 11.0. The van der Waals surface area contributed by atoms with Crippen molar-refractivity contribution < 1.29 is 4.74 Å². The molecule has 4 heteroatoms. The van der Waals surface area contributed by atoms with Crippen molar-refractivity contribution in [3.63, 3.8) is 0 Å². The monoisotopic (exact) mass is 312 g/mol. The molecule has 0 fully saturated rings. The van der Waals surface area contributed by atoms with Crippen molar-refractivity contribution in [3.05, 3.63) is 53.7 Å². The lowest BCUT2D eigenvalue weighted by Crippen LogP contribution is -2.05. The van der Waals surface area contributed by atoms with Crippen molar-refractivity contribution in [1.82, 2.24) is 10.3 Å². The number of hydrogen-bond donors (Lipinski definition) is 2. The second-order valence-electron chi connectivity index (χ2n) is 5.21. The highest BCUT2D eigenvalue weighted by atomic mass is 32.2. The molecular weight excluding hydrogens is 292 g/mol. The number of ether oxygens (including phenoxy) is 1. The molecule has 0 unspecified atom stereocenters. The van der Waals surface area contributed by atoms with Gasteiger partial charge in [-0.15, -0.1) is 0 Å². The van der Waals surface area contributed by atoms with E-state index in [2.05, 4.69) is 53.8 Å². The minimum Gasteiger partial charge on any atom is -0.496 e. The second kappa shape index (κ2) is 6.46. The van der Waals surface area contributed by atoms with Gasteiger partial charge in [-0.05, 0) is 37.7 Å². The van der Waals surface area contributed by atoms with E-state index in [9.17, 15) is 0 Å². The van der Waals surface area contributed by atoms with E-state index < -0.39 is 0 Å². The van der Waals surface area contributed by atoms with Gasteiger partial charge >= 0.3 is 0 Å². The summed E-state index contributed by atoms with van der Waals surface area (Å²) in [6.07, 6.45) is 2.08. The maximum absolute atomic E-state index is 5.46. The standard InChI is InChI=1S/C18H20N2OS/c1-12-15(21-3)9-8-14-18(12)17(11-20-14)22-16-7-5-4-6-13(16)10-19-2/h4-9,11,19-20H,10H2,1-3H3. The first-order chi connectivity index (χ1) is 10.7. The lowest BCUT2D eigenvalue weighted by molar-refractivity contribution is 0.412. The number of rotatable bonds is 5. The van der Waals surface area contributed by atoms with E-state index in [4.69, 9.17) is 4.74 Å². The van der Waals surface area contributed by atoms with Crippen LogP contribution in [0.15, 0.2) is 52.4 Å². The van der Waals surface area contributed by atoms with E-state index in [1.54, 1.807) is 18.9 Å². The summed E-state index contributed by atoms with van der Waals surface area (Å²) in [5, 5.41) is 4.47. The van der Waals surface area contributed by atoms with Crippen LogP contribution in [-0.4, -0.2) is 19.1 Å². The number of aryl methyl sites for hydroxylation is 1. The Bertz CT molecular complexity index is 795. The number of methoxy groups -OCH3 is 1. The number of benzene rings is 2. The minimum absolute atomic E-state index is 0.869. The van der Waals surface area contributed by atoms with Gasteiger partial charge in [0.2, 0.25) is 0 Å². The molecule has 3 nitrogen and oxygen atoms in total. The van der Waals surface area contributed by atoms with E-state index in [1.165, 1.54) is 26.3 Å². The van der Waals surface area contributed by atoms with Gasteiger partial charge in [-0.3, -0.25) is 0 Å². The minimum atomic E-state index is 0.869. The predicted octanol–water partition coefficient (Wildman–Crippen LogP) is 4.36. The van der Waals surface area contributed by atoms with Crippen LogP contribution in [0.1, 0.15) is 11.1 Å². The van der Waals surface area contributed by atoms with Gasteiger partial charge in [-0.25, -0.2) is 0 Å². The van der Waals surface area contributed by atoms with Crippen LogP contribution in [-0.2, 0) is 6.54 Å². The highest BCUT2D eigenvalue weighted by Gasteiger charge is 2.12. The Morgan fingerprint density at radius 1 is 1.14 bits per heavy atom. The number of aromatic nitrogens is 1.